The van der Waals surface area contributed by atoms with E-state index in [2.05, 4.69) is 36.5 Å². The van der Waals surface area contributed by atoms with E-state index in [4.69, 9.17) is 4.74 Å². The predicted molar refractivity (Wildman–Crippen MR) is 116 cm³/mol. The summed E-state index contributed by atoms with van der Waals surface area (Å²) in [6.45, 7) is 3.87. The quantitative estimate of drug-likeness (QED) is 0.647. The Balaban J connectivity index is 1.56. The fourth-order valence-corrected chi connectivity index (χ4v) is 5.43. The third-order valence-electron chi connectivity index (χ3n) is 4.64. The average molecular weight is 435 g/mol. The maximum Gasteiger partial charge on any atom is 0.252 e. The Morgan fingerprint density at radius 1 is 1.10 bits per heavy atom. The van der Waals surface area contributed by atoms with Crippen molar-refractivity contribution >= 4 is 27.7 Å². The normalized spacial score (nSPS) is 15.2. The van der Waals surface area contributed by atoms with Crippen LogP contribution in [0.25, 0.3) is 0 Å². The van der Waals surface area contributed by atoms with E-state index >= 15 is 0 Å². The number of nitrogens with zero attached hydrogens (tertiary/aromatic N) is 1. The number of nitrogens with one attached hydrogen (secondary N) is 1. The summed E-state index contributed by atoms with van der Waals surface area (Å²) in [5.41, 5.74) is 2.66. The molecule has 0 atom stereocenters. The van der Waals surface area contributed by atoms with Gasteiger partial charge in [0.1, 0.15) is 0 Å². The van der Waals surface area contributed by atoms with Gasteiger partial charge in [-0.25, -0.2) is 8.42 Å². The third-order valence-corrected chi connectivity index (χ3v) is 7.63. The standard InChI is InChI=1S/C21H26N2O4S2/c1-17-6-8-18(9-7-17)16-28-15-10-22-21(24)19-4-2-3-5-20(19)29(25,26)23-11-13-27-14-12-23/h2-9H,10-16H2,1H3,(H,22,24). The van der Waals surface area contributed by atoms with Crippen molar-refractivity contribution in [2.75, 3.05) is 38.6 Å². The number of benzene rings is 2. The Morgan fingerprint density at radius 3 is 2.52 bits per heavy atom. The highest BCUT2D eigenvalue weighted by Crippen LogP contribution is 2.21. The number of thioether (sulfide) groups is 1. The van der Waals surface area contributed by atoms with Crippen molar-refractivity contribution in [1.29, 1.82) is 0 Å². The van der Waals surface area contributed by atoms with Crippen LogP contribution in [0.15, 0.2) is 53.4 Å². The minimum atomic E-state index is -3.73. The highest BCUT2D eigenvalue weighted by Gasteiger charge is 2.29. The Labute approximate surface area is 176 Å². The zero-order valence-corrected chi connectivity index (χ0v) is 18.1. The van der Waals surface area contributed by atoms with E-state index < -0.39 is 10.0 Å². The molecule has 0 radical (unpaired) electrons. The molecule has 1 heterocycles. The SMILES string of the molecule is Cc1ccc(CSCCNC(=O)c2ccccc2S(=O)(=O)N2CCOCC2)cc1. The second kappa shape index (κ2) is 10.2. The monoisotopic (exact) mass is 434 g/mol. The van der Waals surface area contributed by atoms with Gasteiger partial charge in [0, 0.05) is 31.1 Å². The van der Waals surface area contributed by atoms with E-state index in [0.717, 1.165) is 11.5 Å². The topological polar surface area (TPSA) is 75.7 Å². The van der Waals surface area contributed by atoms with Gasteiger partial charge in [0.25, 0.3) is 5.91 Å². The Hall–Kier alpha value is -1.87. The van der Waals surface area contributed by atoms with Gasteiger partial charge in [0.05, 0.1) is 23.7 Å². The van der Waals surface area contributed by atoms with Gasteiger partial charge < -0.3 is 10.1 Å². The fourth-order valence-electron chi connectivity index (χ4n) is 3.01. The molecule has 1 N–H and O–H groups in total. The lowest BCUT2D eigenvalue weighted by Gasteiger charge is -2.26. The second-order valence-electron chi connectivity index (χ2n) is 6.81. The molecule has 3 rings (SSSR count). The number of hydrogen-bond donors (Lipinski definition) is 1. The van der Waals surface area contributed by atoms with E-state index in [9.17, 15) is 13.2 Å². The first-order valence-corrected chi connectivity index (χ1v) is 12.2. The number of carbonyl (C=O) groups excluding carboxylic acids is 1. The minimum absolute atomic E-state index is 0.0479. The lowest BCUT2D eigenvalue weighted by atomic mass is 10.2. The molecule has 2 aromatic rings. The fraction of sp³-hybridized carbons (Fsp3) is 0.381. The zero-order chi connectivity index (χ0) is 20.7. The van der Waals surface area contributed by atoms with Crippen molar-refractivity contribution in [2.24, 2.45) is 0 Å². The molecule has 0 aromatic heterocycles. The molecule has 1 saturated heterocycles. The van der Waals surface area contributed by atoms with Crippen LogP contribution in [0.2, 0.25) is 0 Å². The Kier molecular flexibility index (Phi) is 7.71. The minimum Gasteiger partial charge on any atom is -0.379 e. The van der Waals surface area contributed by atoms with Gasteiger partial charge in [-0.15, -0.1) is 0 Å². The van der Waals surface area contributed by atoms with Crippen LogP contribution in [0, 0.1) is 6.92 Å². The van der Waals surface area contributed by atoms with Crippen LogP contribution in [0.5, 0.6) is 0 Å². The molecule has 0 aliphatic carbocycles. The summed E-state index contributed by atoms with van der Waals surface area (Å²) >= 11 is 1.73. The van der Waals surface area contributed by atoms with Gasteiger partial charge in [-0.05, 0) is 24.6 Å². The van der Waals surface area contributed by atoms with Crippen LogP contribution >= 0.6 is 11.8 Å². The molecule has 1 fully saturated rings. The Morgan fingerprint density at radius 2 is 1.79 bits per heavy atom. The summed E-state index contributed by atoms with van der Waals surface area (Å²) in [5.74, 6) is 1.25. The lowest BCUT2D eigenvalue weighted by molar-refractivity contribution is 0.0730. The summed E-state index contributed by atoms with van der Waals surface area (Å²) in [5, 5.41) is 2.84. The van der Waals surface area contributed by atoms with Crippen molar-refractivity contribution < 1.29 is 17.9 Å². The molecule has 0 saturated carbocycles. The smallest absolute Gasteiger partial charge is 0.252 e. The lowest BCUT2D eigenvalue weighted by Crippen LogP contribution is -2.41. The van der Waals surface area contributed by atoms with Gasteiger partial charge in [0.2, 0.25) is 10.0 Å². The maximum atomic E-state index is 13.0. The summed E-state index contributed by atoms with van der Waals surface area (Å²) in [6, 6.07) is 14.8. The summed E-state index contributed by atoms with van der Waals surface area (Å²) < 4.78 is 32.5. The van der Waals surface area contributed by atoms with Crippen molar-refractivity contribution in [3.05, 3.63) is 65.2 Å². The maximum absolute atomic E-state index is 13.0. The molecule has 0 unspecified atom stereocenters. The van der Waals surface area contributed by atoms with E-state index in [1.807, 2.05) is 0 Å². The molecule has 0 spiro atoms. The van der Waals surface area contributed by atoms with Crippen LogP contribution in [-0.4, -0.2) is 57.2 Å². The van der Waals surface area contributed by atoms with Crippen molar-refractivity contribution in [3.63, 3.8) is 0 Å². The second-order valence-corrected chi connectivity index (χ2v) is 9.82. The van der Waals surface area contributed by atoms with Gasteiger partial charge in [-0.1, -0.05) is 42.0 Å². The van der Waals surface area contributed by atoms with Gasteiger partial charge in [-0.3, -0.25) is 4.79 Å². The number of rotatable bonds is 8. The largest absolute Gasteiger partial charge is 0.379 e. The van der Waals surface area contributed by atoms with Crippen molar-refractivity contribution in [2.45, 2.75) is 17.6 Å². The number of amides is 1. The van der Waals surface area contributed by atoms with E-state index in [-0.39, 0.29) is 16.4 Å². The molecule has 156 valence electrons. The number of morpholine rings is 1. The molecular formula is C21H26N2O4S2. The first kappa shape index (κ1) is 21.8. The van der Waals surface area contributed by atoms with Crippen LogP contribution in [0.3, 0.4) is 0 Å². The van der Waals surface area contributed by atoms with Crippen LogP contribution in [-0.2, 0) is 20.5 Å². The number of aryl methyl sites for hydroxylation is 1. The summed E-state index contributed by atoms with van der Waals surface area (Å²) in [6.07, 6.45) is 0. The highest BCUT2D eigenvalue weighted by molar-refractivity contribution is 7.98. The summed E-state index contributed by atoms with van der Waals surface area (Å²) in [7, 11) is -3.73. The van der Waals surface area contributed by atoms with Crippen LogP contribution in [0.1, 0.15) is 21.5 Å². The number of sulfonamides is 1. The molecule has 2 aromatic carbocycles. The molecule has 1 amide bonds. The van der Waals surface area contributed by atoms with Crippen molar-refractivity contribution in [3.8, 4) is 0 Å². The van der Waals surface area contributed by atoms with Crippen LogP contribution in [0.4, 0.5) is 0 Å². The first-order chi connectivity index (χ1) is 14.0. The van der Waals surface area contributed by atoms with Gasteiger partial charge in [0.15, 0.2) is 0 Å². The number of ether oxygens (including phenoxy) is 1. The zero-order valence-electron chi connectivity index (χ0n) is 16.5. The average Bonchev–Trinajstić information content (AvgIpc) is 2.75. The van der Waals surface area contributed by atoms with E-state index in [1.165, 1.54) is 21.5 Å². The molecular weight excluding hydrogens is 408 g/mol. The van der Waals surface area contributed by atoms with Crippen molar-refractivity contribution in [1.82, 2.24) is 9.62 Å². The molecule has 6 nitrogen and oxygen atoms in total. The highest BCUT2D eigenvalue weighted by atomic mass is 32.2. The Bertz CT molecular complexity index is 924. The first-order valence-electron chi connectivity index (χ1n) is 9.57. The van der Waals surface area contributed by atoms with Gasteiger partial charge >= 0.3 is 0 Å². The number of hydrogen-bond acceptors (Lipinski definition) is 5. The van der Waals surface area contributed by atoms with E-state index in [1.54, 1.807) is 30.0 Å². The summed E-state index contributed by atoms with van der Waals surface area (Å²) in [4.78, 5) is 12.7. The molecule has 8 heteroatoms. The molecule has 1 aliphatic rings. The van der Waals surface area contributed by atoms with Gasteiger partial charge in [-0.2, -0.15) is 16.1 Å². The molecule has 1 aliphatic heterocycles. The van der Waals surface area contributed by atoms with Crippen LogP contribution < -0.4 is 5.32 Å². The molecule has 29 heavy (non-hydrogen) atoms. The van der Waals surface area contributed by atoms with E-state index in [0.29, 0.717) is 32.8 Å². The predicted octanol–water partition coefficient (Wildman–Crippen LogP) is 2.68. The number of carbonyl (C=O) groups is 1. The third kappa shape index (κ3) is 5.82. The molecule has 0 bridgehead atoms.